The fraction of sp³-hybridized carbons (Fsp3) is 0.231. The van der Waals surface area contributed by atoms with E-state index in [1.165, 1.54) is 0 Å². The number of anilines is 1. The summed E-state index contributed by atoms with van der Waals surface area (Å²) in [5, 5.41) is 23.0. The first-order valence-corrected chi connectivity index (χ1v) is 6.36. The second-order valence-corrected chi connectivity index (χ2v) is 5.02. The Morgan fingerprint density at radius 3 is 2.55 bits per heavy atom. The highest BCUT2D eigenvalue weighted by Gasteiger charge is 2.33. The summed E-state index contributed by atoms with van der Waals surface area (Å²) >= 11 is 5.81. The van der Waals surface area contributed by atoms with E-state index in [0.717, 1.165) is 0 Å². The number of carbonyl (C=O) groups is 1. The standard InChI is InChI=1S/C13H11ClN2O4/c14-8-3-1-7(2-4-8)11-10(13(18)19)12(15-20-11)16-5-9(17)6-16/h1-4,9,17H,5-6H2,(H,18,19). The molecule has 0 atom stereocenters. The molecular weight excluding hydrogens is 284 g/mol. The molecule has 0 bridgehead atoms. The Hall–Kier alpha value is -2.05. The molecule has 1 aromatic heterocycles. The highest BCUT2D eigenvalue weighted by atomic mass is 35.5. The predicted octanol–water partition coefficient (Wildman–Crippen LogP) is 1.87. The summed E-state index contributed by atoms with van der Waals surface area (Å²) in [6.45, 7) is 0.708. The van der Waals surface area contributed by atoms with Crippen molar-refractivity contribution in [1.82, 2.24) is 5.16 Å². The topological polar surface area (TPSA) is 86.8 Å². The van der Waals surface area contributed by atoms with Gasteiger partial charge >= 0.3 is 5.97 Å². The molecule has 7 heteroatoms. The Labute approximate surface area is 119 Å². The van der Waals surface area contributed by atoms with E-state index in [1.807, 2.05) is 0 Å². The fourth-order valence-electron chi connectivity index (χ4n) is 2.12. The molecule has 1 saturated heterocycles. The van der Waals surface area contributed by atoms with Gasteiger partial charge in [0.15, 0.2) is 17.1 Å². The zero-order valence-electron chi connectivity index (χ0n) is 10.3. The molecule has 6 nitrogen and oxygen atoms in total. The summed E-state index contributed by atoms with van der Waals surface area (Å²) in [5.41, 5.74) is 0.589. The number of nitrogens with zero attached hydrogens (tertiary/aromatic N) is 2. The van der Waals surface area contributed by atoms with Crippen LogP contribution in [0.4, 0.5) is 5.82 Å². The Bertz CT molecular complexity index is 647. The van der Waals surface area contributed by atoms with E-state index in [1.54, 1.807) is 29.2 Å². The van der Waals surface area contributed by atoms with Crippen molar-refractivity contribution in [3.8, 4) is 11.3 Å². The number of rotatable bonds is 3. The lowest BCUT2D eigenvalue weighted by molar-refractivity contribution is 0.0696. The zero-order chi connectivity index (χ0) is 14.3. The minimum absolute atomic E-state index is 0.000720. The zero-order valence-corrected chi connectivity index (χ0v) is 11.0. The van der Waals surface area contributed by atoms with E-state index in [0.29, 0.717) is 23.7 Å². The van der Waals surface area contributed by atoms with Crippen LogP contribution in [0.1, 0.15) is 10.4 Å². The largest absolute Gasteiger partial charge is 0.477 e. The molecule has 0 radical (unpaired) electrons. The van der Waals surface area contributed by atoms with Gasteiger partial charge in [-0.1, -0.05) is 16.8 Å². The number of hydrogen-bond acceptors (Lipinski definition) is 5. The van der Waals surface area contributed by atoms with Crippen molar-refractivity contribution in [3.05, 3.63) is 34.9 Å². The third kappa shape index (κ3) is 2.13. The minimum atomic E-state index is -1.12. The molecule has 0 unspecified atom stereocenters. The maximum absolute atomic E-state index is 11.5. The number of aliphatic hydroxyl groups excluding tert-OH is 1. The molecule has 104 valence electrons. The molecular formula is C13H11ClN2O4. The van der Waals surface area contributed by atoms with Crippen LogP contribution in [-0.2, 0) is 0 Å². The average Bonchev–Trinajstić information content (AvgIpc) is 2.80. The van der Waals surface area contributed by atoms with Gasteiger partial charge in [-0.2, -0.15) is 0 Å². The van der Waals surface area contributed by atoms with E-state index in [9.17, 15) is 15.0 Å². The molecule has 1 aliphatic rings. The van der Waals surface area contributed by atoms with E-state index in [4.69, 9.17) is 16.1 Å². The Morgan fingerprint density at radius 1 is 1.35 bits per heavy atom. The number of carboxylic acid groups (broad SMARTS) is 1. The number of aromatic carboxylic acids is 1. The molecule has 1 aliphatic heterocycles. The van der Waals surface area contributed by atoms with Crippen LogP contribution in [0, 0.1) is 0 Å². The van der Waals surface area contributed by atoms with E-state index in [2.05, 4.69) is 5.16 Å². The third-order valence-corrected chi connectivity index (χ3v) is 3.41. The van der Waals surface area contributed by atoms with Crippen LogP contribution in [0.15, 0.2) is 28.8 Å². The smallest absolute Gasteiger partial charge is 0.343 e. The van der Waals surface area contributed by atoms with E-state index >= 15 is 0 Å². The van der Waals surface area contributed by atoms with Gasteiger partial charge in [0.1, 0.15) is 0 Å². The Kier molecular flexibility index (Phi) is 3.11. The molecule has 0 amide bonds. The van der Waals surface area contributed by atoms with Gasteiger partial charge in [0.05, 0.1) is 6.10 Å². The lowest BCUT2D eigenvalue weighted by Gasteiger charge is -2.35. The van der Waals surface area contributed by atoms with Gasteiger partial charge in [-0.15, -0.1) is 0 Å². The number of hydrogen-bond donors (Lipinski definition) is 2. The molecule has 20 heavy (non-hydrogen) atoms. The van der Waals surface area contributed by atoms with Crippen LogP contribution in [0.5, 0.6) is 0 Å². The van der Waals surface area contributed by atoms with Crippen molar-refractivity contribution in [3.63, 3.8) is 0 Å². The molecule has 0 aliphatic carbocycles. The summed E-state index contributed by atoms with van der Waals surface area (Å²) in [5.74, 6) is -0.689. The monoisotopic (exact) mass is 294 g/mol. The van der Waals surface area contributed by atoms with Gasteiger partial charge in [-0.05, 0) is 24.3 Å². The van der Waals surface area contributed by atoms with Gasteiger partial charge < -0.3 is 19.6 Å². The number of benzene rings is 1. The summed E-state index contributed by atoms with van der Waals surface area (Å²) in [7, 11) is 0. The molecule has 2 heterocycles. The number of β-amino-alcohol motifs (C(OH)–C–C–N with tert-alkyl or cyclic N) is 1. The highest BCUT2D eigenvalue weighted by Crippen LogP contribution is 2.33. The molecule has 0 spiro atoms. The molecule has 1 aromatic carbocycles. The highest BCUT2D eigenvalue weighted by molar-refractivity contribution is 6.30. The normalized spacial score (nSPS) is 15.2. The quantitative estimate of drug-likeness (QED) is 0.899. The van der Waals surface area contributed by atoms with Crippen LogP contribution in [0.3, 0.4) is 0 Å². The van der Waals surface area contributed by atoms with E-state index < -0.39 is 12.1 Å². The SMILES string of the molecule is O=C(O)c1c(N2CC(O)C2)noc1-c1ccc(Cl)cc1. The Balaban J connectivity index is 2.03. The fourth-order valence-corrected chi connectivity index (χ4v) is 2.24. The molecule has 1 fully saturated rings. The maximum Gasteiger partial charge on any atom is 0.343 e. The van der Waals surface area contributed by atoms with Crippen LogP contribution in [-0.4, -0.2) is 40.5 Å². The third-order valence-electron chi connectivity index (χ3n) is 3.16. The van der Waals surface area contributed by atoms with Crippen LogP contribution >= 0.6 is 11.6 Å². The number of aliphatic hydroxyl groups is 1. The lowest BCUT2D eigenvalue weighted by Crippen LogP contribution is -2.51. The number of aromatic nitrogens is 1. The maximum atomic E-state index is 11.5. The first-order valence-electron chi connectivity index (χ1n) is 5.98. The minimum Gasteiger partial charge on any atom is -0.477 e. The van der Waals surface area contributed by atoms with Crippen molar-refractivity contribution in [2.75, 3.05) is 18.0 Å². The lowest BCUT2D eigenvalue weighted by atomic mass is 10.1. The van der Waals surface area contributed by atoms with Gasteiger partial charge in [-0.3, -0.25) is 0 Å². The second-order valence-electron chi connectivity index (χ2n) is 4.58. The van der Waals surface area contributed by atoms with Crippen molar-refractivity contribution >= 4 is 23.4 Å². The van der Waals surface area contributed by atoms with Gasteiger partial charge in [-0.25, -0.2) is 4.79 Å². The van der Waals surface area contributed by atoms with Crippen LogP contribution < -0.4 is 4.90 Å². The summed E-state index contributed by atoms with van der Waals surface area (Å²) < 4.78 is 5.18. The predicted molar refractivity (Wildman–Crippen MR) is 72.1 cm³/mol. The molecule has 3 rings (SSSR count). The van der Waals surface area contributed by atoms with Crippen molar-refractivity contribution < 1.29 is 19.5 Å². The number of halogens is 1. The van der Waals surface area contributed by atoms with Crippen molar-refractivity contribution in [2.24, 2.45) is 0 Å². The van der Waals surface area contributed by atoms with Crippen molar-refractivity contribution in [1.29, 1.82) is 0 Å². The van der Waals surface area contributed by atoms with Gasteiger partial charge in [0, 0.05) is 23.7 Å². The molecule has 0 saturated carbocycles. The first kappa shape index (κ1) is 13.0. The molecule has 2 N–H and O–H groups in total. The van der Waals surface area contributed by atoms with Crippen LogP contribution in [0.25, 0.3) is 11.3 Å². The summed E-state index contributed by atoms with van der Waals surface area (Å²) in [6, 6.07) is 6.64. The summed E-state index contributed by atoms with van der Waals surface area (Å²) in [4.78, 5) is 13.1. The van der Waals surface area contributed by atoms with Gasteiger partial charge in [0.2, 0.25) is 0 Å². The second kappa shape index (κ2) is 4.81. The number of carboxylic acids is 1. The first-order chi connectivity index (χ1) is 9.56. The van der Waals surface area contributed by atoms with Gasteiger partial charge in [0.25, 0.3) is 0 Å². The summed E-state index contributed by atoms with van der Waals surface area (Å²) in [6.07, 6.45) is -0.452. The average molecular weight is 295 g/mol. The van der Waals surface area contributed by atoms with Crippen LogP contribution in [0.2, 0.25) is 5.02 Å². The Morgan fingerprint density at radius 2 is 2.00 bits per heavy atom. The molecule has 2 aromatic rings. The van der Waals surface area contributed by atoms with Crippen molar-refractivity contribution in [2.45, 2.75) is 6.10 Å². The van der Waals surface area contributed by atoms with E-state index in [-0.39, 0.29) is 17.1 Å².